The Morgan fingerprint density at radius 2 is 2.06 bits per heavy atom. The van der Waals surface area contributed by atoms with Crippen LogP contribution in [0.2, 0.25) is 0 Å². The second-order valence-electron chi connectivity index (χ2n) is 3.41. The summed E-state index contributed by atoms with van der Waals surface area (Å²) < 4.78 is 0. The zero-order valence-electron chi connectivity index (χ0n) is 10.1. The molecular formula is C12H19N3O. The number of amides is 1. The van der Waals surface area contributed by atoms with E-state index in [-0.39, 0.29) is 5.70 Å². The number of nitrogens with one attached hydrogen (secondary N) is 1. The van der Waals surface area contributed by atoms with Crippen molar-refractivity contribution in [3.05, 3.63) is 36.2 Å². The number of nitrogens with two attached hydrogens (primary N) is 1. The van der Waals surface area contributed by atoms with Gasteiger partial charge in [-0.3, -0.25) is 4.79 Å². The Morgan fingerprint density at radius 3 is 2.44 bits per heavy atom. The molecule has 16 heavy (non-hydrogen) atoms. The van der Waals surface area contributed by atoms with Crippen LogP contribution in [0.5, 0.6) is 0 Å². The van der Waals surface area contributed by atoms with E-state index in [1.165, 1.54) is 6.42 Å². The van der Waals surface area contributed by atoms with Crippen molar-refractivity contribution < 1.29 is 4.79 Å². The van der Waals surface area contributed by atoms with E-state index in [0.29, 0.717) is 5.82 Å². The van der Waals surface area contributed by atoms with Gasteiger partial charge in [0.15, 0.2) is 0 Å². The molecule has 0 aliphatic heterocycles. The lowest BCUT2D eigenvalue weighted by molar-refractivity contribution is -0.112. The summed E-state index contributed by atoms with van der Waals surface area (Å²) in [7, 11) is 0. The molecule has 0 unspecified atom stereocenters. The van der Waals surface area contributed by atoms with E-state index in [2.05, 4.69) is 30.7 Å². The van der Waals surface area contributed by atoms with E-state index >= 15 is 0 Å². The molecule has 0 radical (unpaired) electrons. The maximum atomic E-state index is 11.0. The highest BCUT2D eigenvalue weighted by Gasteiger charge is 2.02. The molecule has 0 saturated carbocycles. The first-order chi connectivity index (χ1) is 7.51. The van der Waals surface area contributed by atoms with Gasteiger partial charge < -0.3 is 11.1 Å². The average molecular weight is 221 g/mol. The second-order valence-corrected chi connectivity index (χ2v) is 3.41. The molecule has 0 aliphatic rings. The fourth-order valence-corrected chi connectivity index (χ4v) is 0.738. The first-order valence-electron chi connectivity index (χ1n) is 5.19. The highest BCUT2D eigenvalue weighted by atomic mass is 16.2. The van der Waals surface area contributed by atoms with Crippen molar-refractivity contribution in [2.45, 2.75) is 27.2 Å². The van der Waals surface area contributed by atoms with Crippen LogP contribution < -0.4 is 11.1 Å². The van der Waals surface area contributed by atoms with Gasteiger partial charge in [0.25, 0.3) is 5.91 Å². The molecule has 1 heterocycles. The third-order valence-electron chi connectivity index (χ3n) is 1.44. The SMILES string of the molecule is C=C(N)C(=O)Nc1ccc(C)cn1.CCC. The maximum Gasteiger partial charge on any atom is 0.272 e. The maximum absolute atomic E-state index is 11.0. The first kappa shape index (κ1) is 14.2. The standard InChI is InChI=1S/C9H11N3O.C3H8/c1-6-3-4-8(11-5-6)12-9(13)7(2)10;1-3-2/h3-5H,2,10H2,1H3,(H,11,12,13);3H2,1-2H3. The molecule has 0 atom stereocenters. The quantitative estimate of drug-likeness (QED) is 0.752. The number of hydrogen-bond acceptors (Lipinski definition) is 3. The van der Waals surface area contributed by atoms with Crippen molar-refractivity contribution in [3.8, 4) is 0 Å². The van der Waals surface area contributed by atoms with Crippen LogP contribution in [0.1, 0.15) is 25.8 Å². The molecule has 0 saturated heterocycles. The van der Waals surface area contributed by atoms with Crippen molar-refractivity contribution in [2.75, 3.05) is 5.32 Å². The minimum Gasteiger partial charge on any atom is -0.395 e. The molecule has 0 fully saturated rings. The number of carbonyl (C=O) groups is 1. The van der Waals surface area contributed by atoms with Gasteiger partial charge in [-0.15, -0.1) is 0 Å². The lowest BCUT2D eigenvalue weighted by atomic mass is 10.3. The molecule has 4 nitrogen and oxygen atoms in total. The molecule has 1 amide bonds. The van der Waals surface area contributed by atoms with Gasteiger partial charge in [-0.05, 0) is 18.6 Å². The average Bonchev–Trinajstić information content (AvgIpc) is 2.22. The van der Waals surface area contributed by atoms with Crippen LogP contribution >= 0.6 is 0 Å². The van der Waals surface area contributed by atoms with Gasteiger partial charge in [0.2, 0.25) is 0 Å². The fourth-order valence-electron chi connectivity index (χ4n) is 0.738. The summed E-state index contributed by atoms with van der Waals surface area (Å²) in [5.41, 5.74) is 6.19. The van der Waals surface area contributed by atoms with Crippen LogP contribution in [-0.4, -0.2) is 10.9 Å². The highest BCUT2D eigenvalue weighted by molar-refractivity contribution is 6.01. The minimum absolute atomic E-state index is 0.0256. The highest BCUT2D eigenvalue weighted by Crippen LogP contribution is 2.03. The predicted octanol–water partition coefficient (Wildman–Crippen LogP) is 2.22. The van der Waals surface area contributed by atoms with Crippen LogP contribution in [0.15, 0.2) is 30.6 Å². The van der Waals surface area contributed by atoms with Gasteiger partial charge in [0.05, 0.1) is 5.70 Å². The number of nitrogens with zero attached hydrogens (tertiary/aromatic N) is 1. The van der Waals surface area contributed by atoms with Gasteiger partial charge in [-0.1, -0.05) is 32.9 Å². The third-order valence-corrected chi connectivity index (χ3v) is 1.44. The number of pyridine rings is 1. The van der Waals surface area contributed by atoms with Crippen molar-refractivity contribution in [3.63, 3.8) is 0 Å². The Kier molecular flexibility index (Phi) is 6.59. The van der Waals surface area contributed by atoms with Gasteiger partial charge in [-0.25, -0.2) is 4.98 Å². The molecular weight excluding hydrogens is 202 g/mol. The van der Waals surface area contributed by atoms with E-state index in [1.807, 2.05) is 13.0 Å². The fraction of sp³-hybridized carbons (Fsp3) is 0.333. The monoisotopic (exact) mass is 221 g/mol. The van der Waals surface area contributed by atoms with Crippen LogP contribution in [0.25, 0.3) is 0 Å². The summed E-state index contributed by atoms with van der Waals surface area (Å²) in [6.07, 6.45) is 2.91. The number of hydrogen-bond donors (Lipinski definition) is 2. The molecule has 1 aromatic rings. The van der Waals surface area contributed by atoms with Gasteiger partial charge in [-0.2, -0.15) is 0 Å². The van der Waals surface area contributed by atoms with E-state index in [0.717, 1.165) is 5.56 Å². The van der Waals surface area contributed by atoms with E-state index in [9.17, 15) is 4.79 Å². The lowest BCUT2D eigenvalue weighted by Crippen LogP contribution is -2.19. The number of carbonyl (C=O) groups excluding carboxylic acids is 1. The Hall–Kier alpha value is -1.84. The summed E-state index contributed by atoms with van der Waals surface area (Å²) in [4.78, 5) is 15.0. The van der Waals surface area contributed by atoms with Crippen molar-refractivity contribution >= 4 is 11.7 Å². The molecule has 1 rings (SSSR count). The van der Waals surface area contributed by atoms with Crippen LogP contribution in [0.3, 0.4) is 0 Å². The molecule has 0 bridgehead atoms. The number of anilines is 1. The smallest absolute Gasteiger partial charge is 0.272 e. The van der Waals surface area contributed by atoms with Crippen LogP contribution in [-0.2, 0) is 4.79 Å². The Bertz CT molecular complexity index is 344. The molecule has 88 valence electrons. The first-order valence-corrected chi connectivity index (χ1v) is 5.19. The lowest BCUT2D eigenvalue weighted by Gasteiger charge is -2.02. The van der Waals surface area contributed by atoms with Crippen molar-refractivity contribution in [1.82, 2.24) is 4.98 Å². The van der Waals surface area contributed by atoms with Gasteiger partial charge >= 0.3 is 0 Å². The van der Waals surface area contributed by atoms with Crippen LogP contribution in [0.4, 0.5) is 5.82 Å². The van der Waals surface area contributed by atoms with Gasteiger partial charge in [0, 0.05) is 6.20 Å². The Balaban J connectivity index is 0.000000673. The topological polar surface area (TPSA) is 68.0 Å². The van der Waals surface area contributed by atoms with E-state index in [1.54, 1.807) is 12.3 Å². The zero-order chi connectivity index (χ0) is 12.6. The summed E-state index contributed by atoms with van der Waals surface area (Å²) >= 11 is 0. The number of rotatable bonds is 2. The van der Waals surface area contributed by atoms with Gasteiger partial charge in [0.1, 0.15) is 5.82 Å². The van der Waals surface area contributed by atoms with E-state index in [4.69, 9.17) is 5.73 Å². The second kappa shape index (κ2) is 7.45. The molecule has 1 aromatic heterocycles. The van der Waals surface area contributed by atoms with Crippen molar-refractivity contribution in [1.29, 1.82) is 0 Å². The molecule has 4 heteroatoms. The largest absolute Gasteiger partial charge is 0.395 e. The summed E-state index contributed by atoms with van der Waals surface area (Å²) in [5, 5.41) is 2.49. The molecule has 0 spiro atoms. The third kappa shape index (κ3) is 5.80. The number of aromatic nitrogens is 1. The minimum atomic E-state index is -0.420. The van der Waals surface area contributed by atoms with Crippen molar-refractivity contribution in [2.24, 2.45) is 5.73 Å². The summed E-state index contributed by atoms with van der Waals surface area (Å²) in [5.74, 6) is 0.0542. The van der Waals surface area contributed by atoms with E-state index < -0.39 is 5.91 Å². The van der Waals surface area contributed by atoms with Crippen LogP contribution in [0, 0.1) is 6.92 Å². The predicted molar refractivity (Wildman–Crippen MR) is 66.9 cm³/mol. The zero-order valence-corrected chi connectivity index (χ0v) is 10.1. The molecule has 0 aliphatic carbocycles. The Morgan fingerprint density at radius 1 is 1.50 bits per heavy atom. The molecule has 3 N–H and O–H groups in total. The number of aryl methyl sites for hydroxylation is 1. The summed E-state index contributed by atoms with van der Waals surface area (Å²) in [6, 6.07) is 3.55. The normalized spacial score (nSPS) is 8.69. The summed E-state index contributed by atoms with van der Waals surface area (Å²) in [6.45, 7) is 9.47. The molecule has 0 aromatic carbocycles. The Labute approximate surface area is 96.6 Å².